The van der Waals surface area contributed by atoms with E-state index in [1.54, 1.807) is 7.05 Å². The molecule has 0 heterocycles. The summed E-state index contributed by atoms with van der Waals surface area (Å²) >= 11 is 1.25. The number of hydrogen-bond donors (Lipinski definition) is 1. The molecule has 0 spiro atoms. The second kappa shape index (κ2) is 7.46. The highest BCUT2D eigenvalue weighted by Crippen LogP contribution is 2.59. The molecule has 0 aromatic rings. The predicted octanol–water partition coefficient (Wildman–Crippen LogP) is 3.05. The molecule has 0 radical (unpaired) electrons. The lowest BCUT2D eigenvalue weighted by molar-refractivity contribution is 0.525. The zero-order valence-corrected chi connectivity index (χ0v) is 14.5. The molecule has 0 aromatic heterocycles. The van der Waals surface area contributed by atoms with Gasteiger partial charge in [0, 0.05) is 12.8 Å². The van der Waals surface area contributed by atoms with E-state index in [1.807, 2.05) is 0 Å². The summed E-state index contributed by atoms with van der Waals surface area (Å²) in [5.41, 5.74) is 0. The van der Waals surface area contributed by atoms with Crippen molar-refractivity contribution in [2.24, 2.45) is 0 Å². The molecule has 0 amide bonds. The van der Waals surface area contributed by atoms with Gasteiger partial charge in [-0.05, 0) is 26.3 Å². The maximum atomic E-state index is 12.7. The Labute approximate surface area is 121 Å². The molecular formula is C11H25N2O3PS2. The van der Waals surface area contributed by atoms with Gasteiger partial charge in [-0.2, -0.15) is 0 Å². The van der Waals surface area contributed by atoms with Crippen molar-refractivity contribution in [2.45, 2.75) is 50.7 Å². The third-order valence-corrected chi connectivity index (χ3v) is 12.0. The summed E-state index contributed by atoms with van der Waals surface area (Å²) in [6.45, 7) is -0.923. The van der Waals surface area contributed by atoms with Gasteiger partial charge in [-0.1, -0.05) is 37.6 Å². The lowest BCUT2D eigenvalue weighted by Crippen LogP contribution is -2.30. The zero-order valence-electron chi connectivity index (χ0n) is 12.0. The maximum Gasteiger partial charge on any atom is 0.281 e. The van der Waals surface area contributed by atoms with Gasteiger partial charge in [0.05, 0.1) is 5.25 Å². The summed E-state index contributed by atoms with van der Waals surface area (Å²) in [5.74, 6) is 0.725. The molecule has 1 atom stereocenters. The number of sulfonamides is 1. The minimum Gasteiger partial charge on any atom is -0.276 e. The SMILES string of the molecule is CCCCCCSP(=O)(NC)N(C)S(=O)(=O)C1CC1. The first-order chi connectivity index (χ1) is 8.88. The van der Waals surface area contributed by atoms with Crippen LogP contribution >= 0.6 is 18.0 Å². The quantitative estimate of drug-likeness (QED) is 0.493. The van der Waals surface area contributed by atoms with Crippen LogP contribution in [0.5, 0.6) is 0 Å². The fourth-order valence-electron chi connectivity index (χ4n) is 1.74. The van der Waals surface area contributed by atoms with E-state index in [1.165, 1.54) is 24.9 Å². The maximum absolute atomic E-state index is 12.7. The Hall–Kier alpha value is 0.450. The third kappa shape index (κ3) is 4.74. The largest absolute Gasteiger partial charge is 0.281 e. The van der Waals surface area contributed by atoms with E-state index in [0.29, 0.717) is 12.8 Å². The van der Waals surface area contributed by atoms with Crippen molar-refractivity contribution in [2.75, 3.05) is 19.8 Å². The molecule has 1 N–H and O–H groups in total. The monoisotopic (exact) mass is 328 g/mol. The van der Waals surface area contributed by atoms with Crippen molar-refractivity contribution < 1.29 is 13.0 Å². The molecule has 0 aliphatic heterocycles. The molecule has 1 fully saturated rings. The summed E-state index contributed by atoms with van der Waals surface area (Å²) in [6, 6.07) is 0. The van der Waals surface area contributed by atoms with Crippen LogP contribution in [0.2, 0.25) is 0 Å². The average Bonchev–Trinajstić information content (AvgIpc) is 3.22. The van der Waals surface area contributed by atoms with Crippen molar-refractivity contribution in [3.05, 3.63) is 0 Å². The molecule has 0 saturated heterocycles. The summed E-state index contributed by atoms with van der Waals surface area (Å²) < 4.78 is 38.0. The molecule has 0 aromatic carbocycles. The highest BCUT2D eigenvalue weighted by Gasteiger charge is 2.45. The second-order valence-corrected chi connectivity index (χ2v) is 12.3. The van der Waals surface area contributed by atoms with Crippen molar-refractivity contribution in [3.8, 4) is 0 Å². The summed E-state index contributed by atoms with van der Waals surface area (Å²) in [4.78, 5) is 0. The fourth-order valence-corrected chi connectivity index (χ4v) is 9.16. The van der Waals surface area contributed by atoms with E-state index >= 15 is 0 Å². The highest BCUT2D eigenvalue weighted by atomic mass is 32.7. The van der Waals surface area contributed by atoms with E-state index in [0.717, 1.165) is 29.1 Å². The molecular weight excluding hydrogens is 303 g/mol. The van der Waals surface area contributed by atoms with Crippen molar-refractivity contribution in [3.63, 3.8) is 0 Å². The van der Waals surface area contributed by atoms with Crippen LogP contribution in [-0.2, 0) is 14.6 Å². The van der Waals surface area contributed by atoms with Crippen LogP contribution in [0.4, 0.5) is 0 Å². The summed E-state index contributed by atoms with van der Waals surface area (Å²) in [5, 5.41) is 2.40. The van der Waals surface area contributed by atoms with E-state index in [2.05, 4.69) is 12.0 Å². The van der Waals surface area contributed by atoms with Crippen LogP contribution in [0.15, 0.2) is 0 Å². The van der Waals surface area contributed by atoms with Crippen molar-refractivity contribution >= 4 is 28.1 Å². The smallest absolute Gasteiger partial charge is 0.276 e. The molecule has 1 rings (SSSR count). The molecule has 1 aliphatic carbocycles. The van der Waals surface area contributed by atoms with E-state index < -0.39 is 16.7 Å². The molecule has 1 saturated carbocycles. The normalized spacial score (nSPS) is 19.6. The van der Waals surface area contributed by atoms with Gasteiger partial charge in [0.25, 0.3) is 6.65 Å². The first-order valence-corrected chi connectivity index (χ1v) is 11.6. The Balaban J connectivity index is 2.56. The average molecular weight is 328 g/mol. The van der Waals surface area contributed by atoms with Gasteiger partial charge in [0.2, 0.25) is 10.0 Å². The minimum absolute atomic E-state index is 0.320. The molecule has 0 bridgehead atoms. The van der Waals surface area contributed by atoms with Crippen LogP contribution in [0, 0.1) is 0 Å². The lowest BCUT2D eigenvalue weighted by Gasteiger charge is -2.26. The molecule has 19 heavy (non-hydrogen) atoms. The standard InChI is InChI=1S/C11H25N2O3PS2/c1-4-5-6-7-10-18-17(14,12-2)13(3)19(15,16)11-8-9-11/h11H,4-10H2,1-3H3,(H,12,14). The van der Waals surface area contributed by atoms with E-state index in [-0.39, 0.29) is 5.25 Å². The summed E-state index contributed by atoms with van der Waals surface area (Å²) in [6.07, 6.45) is 5.79. The number of unbranched alkanes of at least 4 members (excludes halogenated alkanes) is 3. The van der Waals surface area contributed by atoms with Crippen molar-refractivity contribution in [1.82, 2.24) is 9.16 Å². The van der Waals surface area contributed by atoms with Crippen LogP contribution in [-0.4, -0.2) is 37.6 Å². The fraction of sp³-hybridized carbons (Fsp3) is 1.00. The first-order valence-electron chi connectivity index (χ1n) is 6.80. The Kier molecular flexibility index (Phi) is 6.87. The molecule has 1 aliphatic rings. The topological polar surface area (TPSA) is 66.5 Å². The van der Waals surface area contributed by atoms with Crippen LogP contribution < -0.4 is 5.09 Å². The van der Waals surface area contributed by atoms with Crippen molar-refractivity contribution in [1.29, 1.82) is 0 Å². The Bertz CT molecular complexity index is 424. The van der Waals surface area contributed by atoms with E-state index in [4.69, 9.17) is 0 Å². The van der Waals surface area contributed by atoms with Gasteiger partial charge in [-0.25, -0.2) is 13.5 Å². The van der Waals surface area contributed by atoms with Gasteiger partial charge >= 0.3 is 0 Å². The van der Waals surface area contributed by atoms with Crippen LogP contribution in [0.25, 0.3) is 0 Å². The van der Waals surface area contributed by atoms with Gasteiger partial charge < -0.3 is 0 Å². The number of hydrogen-bond acceptors (Lipinski definition) is 4. The van der Waals surface area contributed by atoms with Gasteiger partial charge in [-0.3, -0.25) is 4.57 Å². The predicted molar refractivity (Wildman–Crippen MR) is 83.0 cm³/mol. The zero-order chi connectivity index (χ0) is 14.5. The third-order valence-electron chi connectivity index (χ3n) is 3.23. The van der Waals surface area contributed by atoms with Gasteiger partial charge in [0.15, 0.2) is 0 Å². The number of rotatable bonds is 10. The Morgan fingerprint density at radius 3 is 2.42 bits per heavy atom. The van der Waals surface area contributed by atoms with Gasteiger partial charge in [-0.15, -0.1) is 4.08 Å². The Morgan fingerprint density at radius 1 is 1.32 bits per heavy atom. The Morgan fingerprint density at radius 2 is 1.95 bits per heavy atom. The number of nitrogens with one attached hydrogen (secondary N) is 1. The van der Waals surface area contributed by atoms with Crippen LogP contribution in [0.1, 0.15) is 45.4 Å². The second-order valence-electron chi connectivity index (χ2n) is 4.82. The molecule has 5 nitrogen and oxygen atoms in total. The highest BCUT2D eigenvalue weighted by molar-refractivity contribution is 8.57. The summed E-state index contributed by atoms with van der Waals surface area (Å²) in [7, 11) is -0.393. The minimum atomic E-state index is -3.40. The molecule has 8 heteroatoms. The number of nitrogens with zero attached hydrogens (tertiary/aromatic N) is 1. The molecule has 1 unspecified atom stereocenters. The first kappa shape index (κ1) is 17.5. The van der Waals surface area contributed by atoms with Gasteiger partial charge in [0.1, 0.15) is 0 Å². The lowest BCUT2D eigenvalue weighted by atomic mass is 10.2. The van der Waals surface area contributed by atoms with Crippen LogP contribution in [0.3, 0.4) is 0 Å². The molecule has 114 valence electrons. The van der Waals surface area contributed by atoms with E-state index in [9.17, 15) is 13.0 Å².